The monoisotopic (exact) mass is 302 g/mol. The van der Waals surface area contributed by atoms with E-state index in [4.69, 9.17) is 0 Å². The lowest BCUT2D eigenvalue weighted by Gasteiger charge is -2.01. The molecular formula is C11H8BrFO4. The highest BCUT2D eigenvalue weighted by Crippen LogP contribution is 2.19. The fraction of sp³-hybridized carbons (Fsp3) is 0.0909. The number of carbonyl (C=O) groups is 2. The van der Waals surface area contributed by atoms with Crippen LogP contribution in [0, 0.1) is 5.82 Å². The van der Waals surface area contributed by atoms with Crippen LogP contribution in [-0.2, 0) is 9.53 Å². The molecule has 1 aromatic rings. The van der Waals surface area contributed by atoms with Gasteiger partial charge >= 0.3 is 5.97 Å². The fourth-order valence-corrected chi connectivity index (χ4v) is 1.60. The average Bonchev–Trinajstić information content (AvgIpc) is 2.27. The number of halogens is 2. The van der Waals surface area contributed by atoms with Gasteiger partial charge in [-0.05, 0) is 34.1 Å². The number of allylic oxidation sites excluding steroid dienone is 1. The van der Waals surface area contributed by atoms with E-state index < -0.39 is 23.3 Å². The van der Waals surface area contributed by atoms with Crippen molar-refractivity contribution in [3.05, 3.63) is 45.9 Å². The Balaban J connectivity index is 3.02. The lowest BCUT2D eigenvalue weighted by molar-refractivity contribution is -0.139. The smallest absolute Gasteiger partial charge is 0.373 e. The first-order valence-corrected chi connectivity index (χ1v) is 5.23. The summed E-state index contributed by atoms with van der Waals surface area (Å²) < 4.78 is 17.2. The Hall–Kier alpha value is -1.69. The van der Waals surface area contributed by atoms with Crippen LogP contribution in [0.25, 0.3) is 0 Å². The predicted octanol–water partition coefficient (Wildman–Crippen LogP) is 2.39. The van der Waals surface area contributed by atoms with Gasteiger partial charge in [-0.2, -0.15) is 0 Å². The summed E-state index contributed by atoms with van der Waals surface area (Å²) in [4.78, 5) is 22.5. The molecule has 0 radical (unpaired) electrons. The van der Waals surface area contributed by atoms with Crippen LogP contribution in [-0.4, -0.2) is 24.0 Å². The van der Waals surface area contributed by atoms with Crippen molar-refractivity contribution in [2.75, 3.05) is 7.11 Å². The van der Waals surface area contributed by atoms with Crippen molar-refractivity contribution in [3.8, 4) is 0 Å². The zero-order valence-electron chi connectivity index (χ0n) is 8.74. The quantitative estimate of drug-likeness (QED) is 0.403. The molecule has 0 bridgehead atoms. The maximum atomic E-state index is 12.8. The zero-order valence-corrected chi connectivity index (χ0v) is 10.3. The van der Waals surface area contributed by atoms with E-state index in [1.165, 1.54) is 6.07 Å². The van der Waals surface area contributed by atoms with Crippen molar-refractivity contribution >= 4 is 27.7 Å². The molecule has 4 nitrogen and oxygen atoms in total. The van der Waals surface area contributed by atoms with E-state index in [-0.39, 0.29) is 10.0 Å². The van der Waals surface area contributed by atoms with Crippen molar-refractivity contribution < 1.29 is 23.8 Å². The molecule has 0 amide bonds. The van der Waals surface area contributed by atoms with E-state index in [1.54, 1.807) is 0 Å². The summed E-state index contributed by atoms with van der Waals surface area (Å²) in [5, 5.41) is 9.17. The molecule has 0 unspecified atom stereocenters. The minimum absolute atomic E-state index is 0.127. The van der Waals surface area contributed by atoms with Gasteiger partial charge in [0.25, 0.3) is 0 Å². The Morgan fingerprint density at radius 1 is 1.47 bits per heavy atom. The third kappa shape index (κ3) is 3.39. The molecule has 0 aliphatic carbocycles. The summed E-state index contributed by atoms with van der Waals surface area (Å²) in [5.41, 5.74) is 0.127. The molecule has 0 heterocycles. The molecule has 0 saturated carbocycles. The molecule has 1 N–H and O–H groups in total. The lowest BCUT2D eigenvalue weighted by atomic mass is 10.1. The predicted molar refractivity (Wildman–Crippen MR) is 61.2 cm³/mol. The highest BCUT2D eigenvalue weighted by Gasteiger charge is 2.13. The van der Waals surface area contributed by atoms with Crippen LogP contribution in [0.15, 0.2) is 34.5 Å². The van der Waals surface area contributed by atoms with Crippen molar-refractivity contribution in [3.63, 3.8) is 0 Å². The Morgan fingerprint density at radius 3 is 2.65 bits per heavy atom. The second-order valence-electron chi connectivity index (χ2n) is 3.01. The summed E-state index contributed by atoms with van der Waals surface area (Å²) >= 11 is 3.00. The number of ketones is 1. The topological polar surface area (TPSA) is 63.6 Å². The first-order valence-electron chi connectivity index (χ1n) is 4.44. The van der Waals surface area contributed by atoms with Gasteiger partial charge in [0.05, 0.1) is 7.11 Å². The number of hydrogen-bond acceptors (Lipinski definition) is 4. The SMILES string of the molecule is COC(=O)C(O)=CC(=O)c1ccc(F)cc1Br. The third-order valence-electron chi connectivity index (χ3n) is 1.86. The van der Waals surface area contributed by atoms with E-state index in [9.17, 15) is 19.1 Å². The van der Waals surface area contributed by atoms with Crippen LogP contribution in [0.2, 0.25) is 0 Å². The molecule has 0 aromatic heterocycles. The Bertz CT molecular complexity index is 496. The number of aliphatic hydroxyl groups excluding tert-OH is 1. The van der Waals surface area contributed by atoms with Crippen molar-refractivity contribution in [1.82, 2.24) is 0 Å². The molecule has 17 heavy (non-hydrogen) atoms. The Labute approximate surface area is 105 Å². The highest BCUT2D eigenvalue weighted by atomic mass is 79.9. The zero-order chi connectivity index (χ0) is 13.0. The van der Waals surface area contributed by atoms with Crippen molar-refractivity contribution in [1.29, 1.82) is 0 Å². The van der Waals surface area contributed by atoms with Gasteiger partial charge in [-0.3, -0.25) is 4.79 Å². The van der Waals surface area contributed by atoms with Crippen molar-refractivity contribution in [2.45, 2.75) is 0 Å². The van der Waals surface area contributed by atoms with Gasteiger partial charge in [0.15, 0.2) is 5.78 Å². The largest absolute Gasteiger partial charge is 0.502 e. The number of carbonyl (C=O) groups excluding carboxylic acids is 2. The van der Waals surface area contributed by atoms with Crippen molar-refractivity contribution in [2.24, 2.45) is 0 Å². The van der Waals surface area contributed by atoms with Gasteiger partial charge in [0.1, 0.15) is 5.82 Å². The van der Waals surface area contributed by atoms with Crippen LogP contribution < -0.4 is 0 Å². The molecule has 0 fully saturated rings. The second kappa shape index (κ2) is 5.58. The Morgan fingerprint density at radius 2 is 2.12 bits per heavy atom. The minimum atomic E-state index is -1.02. The van der Waals surface area contributed by atoms with Crippen LogP contribution >= 0.6 is 15.9 Å². The number of aliphatic hydroxyl groups is 1. The Kier molecular flexibility index (Phi) is 4.39. The average molecular weight is 303 g/mol. The molecule has 0 aliphatic rings. The van der Waals surface area contributed by atoms with Gasteiger partial charge in [0.2, 0.25) is 5.76 Å². The summed E-state index contributed by atoms with van der Waals surface area (Å²) in [6.07, 6.45) is 0.712. The van der Waals surface area contributed by atoms with Gasteiger partial charge in [-0.25, -0.2) is 9.18 Å². The first kappa shape index (κ1) is 13.4. The van der Waals surface area contributed by atoms with E-state index in [0.29, 0.717) is 6.08 Å². The minimum Gasteiger partial charge on any atom is -0.502 e. The fourth-order valence-electron chi connectivity index (χ4n) is 1.05. The van der Waals surface area contributed by atoms with Crippen LogP contribution in [0.3, 0.4) is 0 Å². The summed E-state index contributed by atoms with van der Waals surface area (Å²) in [6.45, 7) is 0. The molecule has 1 rings (SSSR count). The molecule has 0 atom stereocenters. The number of benzene rings is 1. The van der Waals surface area contributed by atoms with Crippen LogP contribution in [0.5, 0.6) is 0 Å². The maximum Gasteiger partial charge on any atom is 0.373 e. The number of ether oxygens (including phenoxy) is 1. The maximum absolute atomic E-state index is 12.8. The normalized spacial score (nSPS) is 11.1. The van der Waals surface area contributed by atoms with Gasteiger partial charge < -0.3 is 9.84 Å². The number of esters is 1. The number of rotatable bonds is 3. The van der Waals surface area contributed by atoms with E-state index in [1.807, 2.05) is 0 Å². The first-order chi connectivity index (χ1) is 7.95. The molecule has 90 valence electrons. The number of hydrogen-bond donors (Lipinski definition) is 1. The summed E-state index contributed by atoms with van der Waals surface area (Å²) in [7, 11) is 1.07. The van der Waals surface area contributed by atoms with Gasteiger partial charge in [-0.15, -0.1) is 0 Å². The van der Waals surface area contributed by atoms with E-state index >= 15 is 0 Å². The molecule has 0 aliphatic heterocycles. The highest BCUT2D eigenvalue weighted by molar-refractivity contribution is 9.10. The lowest BCUT2D eigenvalue weighted by Crippen LogP contribution is -2.07. The second-order valence-corrected chi connectivity index (χ2v) is 3.86. The molecule has 1 aromatic carbocycles. The molecular weight excluding hydrogens is 295 g/mol. The number of methoxy groups -OCH3 is 1. The van der Waals surface area contributed by atoms with Crippen LogP contribution in [0.1, 0.15) is 10.4 Å². The molecule has 0 spiro atoms. The van der Waals surface area contributed by atoms with Gasteiger partial charge in [0, 0.05) is 16.1 Å². The summed E-state index contributed by atoms with van der Waals surface area (Å²) in [5.74, 6) is -2.97. The third-order valence-corrected chi connectivity index (χ3v) is 2.52. The van der Waals surface area contributed by atoms with Gasteiger partial charge in [-0.1, -0.05) is 0 Å². The summed E-state index contributed by atoms with van der Waals surface area (Å²) in [6, 6.07) is 3.44. The standard InChI is InChI=1S/C11H8BrFO4/c1-17-11(16)10(15)5-9(14)7-3-2-6(13)4-8(7)12/h2-5,15H,1H3. The van der Waals surface area contributed by atoms with E-state index in [2.05, 4.69) is 20.7 Å². The van der Waals surface area contributed by atoms with E-state index in [0.717, 1.165) is 19.2 Å². The molecule has 6 heteroatoms. The molecule has 0 saturated heterocycles. The van der Waals surface area contributed by atoms with Crippen LogP contribution in [0.4, 0.5) is 4.39 Å².